The molecule has 1 amide bonds. The molecule has 2 N–H and O–H groups in total. The van der Waals surface area contributed by atoms with Crippen LogP contribution in [0.1, 0.15) is 18.4 Å². The molecule has 0 spiro atoms. The lowest BCUT2D eigenvalue weighted by molar-refractivity contribution is -0.122. The first-order chi connectivity index (χ1) is 10.2. The Labute approximate surface area is 126 Å². The summed E-state index contributed by atoms with van der Waals surface area (Å²) in [7, 11) is 3.63. The molecule has 1 saturated heterocycles. The number of methoxy groups -OCH3 is 1. The predicted octanol–water partition coefficient (Wildman–Crippen LogP) is 0.995. The number of nitrogens with zero attached hydrogens (tertiary/aromatic N) is 1. The third kappa shape index (κ3) is 5.02. The first kappa shape index (κ1) is 15.8. The van der Waals surface area contributed by atoms with Crippen LogP contribution in [-0.4, -0.2) is 50.6 Å². The summed E-state index contributed by atoms with van der Waals surface area (Å²) in [6, 6.07) is 8.27. The molecule has 21 heavy (non-hydrogen) atoms. The Kier molecular flexibility index (Phi) is 6.02. The van der Waals surface area contributed by atoms with E-state index in [0.29, 0.717) is 19.1 Å². The van der Waals surface area contributed by atoms with Crippen LogP contribution >= 0.6 is 0 Å². The molecule has 1 atom stereocenters. The molecule has 0 radical (unpaired) electrons. The van der Waals surface area contributed by atoms with E-state index in [1.165, 1.54) is 6.42 Å². The zero-order valence-electron chi connectivity index (χ0n) is 12.9. The fourth-order valence-electron chi connectivity index (χ4n) is 2.68. The van der Waals surface area contributed by atoms with Crippen molar-refractivity contribution in [2.75, 3.05) is 33.8 Å². The van der Waals surface area contributed by atoms with Crippen LogP contribution in [0.25, 0.3) is 0 Å². The van der Waals surface area contributed by atoms with Crippen LogP contribution in [0.4, 0.5) is 0 Å². The minimum atomic E-state index is 0.0783. The van der Waals surface area contributed by atoms with Crippen LogP contribution in [0.5, 0.6) is 5.75 Å². The molecule has 5 heteroatoms. The number of likely N-dealkylation sites (tertiary alicyclic amines) is 1. The van der Waals surface area contributed by atoms with Gasteiger partial charge in [-0.2, -0.15) is 0 Å². The Balaban J connectivity index is 1.76. The average molecular weight is 291 g/mol. The summed E-state index contributed by atoms with van der Waals surface area (Å²) in [6.45, 7) is 2.97. The van der Waals surface area contributed by atoms with E-state index in [0.717, 1.165) is 30.8 Å². The third-order valence-electron chi connectivity index (χ3n) is 3.90. The quantitative estimate of drug-likeness (QED) is 0.821. The van der Waals surface area contributed by atoms with Crippen molar-refractivity contribution in [3.8, 4) is 5.75 Å². The zero-order valence-corrected chi connectivity index (χ0v) is 12.9. The zero-order chi connectivity index (χ0) is 15.1. The topological polar surface area (TPSA) is 53.6 Å². The summed E-state index contributed by atoms with van der Waals surface area (Å²) in [5.74, 6) is 0.893. The second-order valence-electron chi connectivity index (χ2n) is 5.49. The number of carbonyl (C=O) groups excluding carboxylic acids is 1. The van der Waals surface area contributed by atoms with E-state index in [1.54, 1.807) is 7.11 Å². The fourth-order valence-corrected chi connectivity index (χ4v) is 2.68. The number of hydrogen-bond acceptors (Lipinski definition) is 4. The molecule has 1 aliphatic heterocycles. The highest BCUT2D eigenvalue weighted by atomic mass is 16.5. The van der Waals surface area contributed by atoms with E-state index < -0.39 is 0 Å². The van der Waals surface area contributed by atoms with Crippen molar-refractivity contribution >= 4 is 5.91 Å². The van der Waals surface area contributed by atoms with Gasteiger partial charge >= 0.3 is 0 Å². The van der Waals surface area contributed by atoms with Gasteiger partial charge in [-0.05, 0) is 44.1 Å². The average Bonchev–Trinajstić information content (AvgIpc) is 2.53. The number of likely N-dealkylation sites (N-methyl/N-ethyl adjacent to an activating group) is 1. The van der Waals surface area contributed by atoms with Crippen LogP contribution in [0.15, 0.2) is 24.3 Å². The molecular formula is C16H25N3O2. The molecule has 1 fully saturated rings. The standard InChI is InChI=1S/C16H25N3O2/c1-17-14-6-4-8-19(11-14)12-16(20)18-10-13-5-3-7-15(9-13)21-2/h3,5,7,9,14,17H,4,6,8,10-12H2,1-2H3,(H,18,20). The first-order valence-corrected chi connectivity index (χ1v) is 7.50. The Bertz CT molecular complexity index is 465. The van der Waals surface area contributed by atoms with Gasteiger partial charge in [-0.25, -0.2) is 0 Å². The van der Waals surface area contributed by atoms with Crippen molar-refractivity contribution in [1.82, 2.24) is 15.5 Å². The second kappa shape index (κ2) is 8.00. The van der Waals surface area contributed by atoms with E-state index in [9.17, 15) is 4.79 Å². The van der Waals surface area contributed by atoms with E-state index in [-0.39, 0.29) is 5.91 Å². The van der Waals surface area contributed by atoms with Gasteiger partial charge in [0.25, 0.3) is 0 Å². The second-order valence-corrected chi connectivity index (χ2v) is 5.49. The van der Waals surface area contributed by atoms with Gasteiger partial charge in [-0.1, -0.05) is 12.1 Å². The molecule has 5 nitrogen and oxygen atoms in total. The van der Waals surface area contributed by atoms with E-state index >= 15 is 0 Å². The number of hydrogen-bond donors (Lipinski definition) is 2. The maximum atomic E-state index is 12.0. The molecule has 1 unspecified atom stereocenters. The fraction of sp³-hybridized carbons (Fsp3) is 0.562. The molecule has 0 aromatic heterocycles. The summed E-state index contributed by atoms with van der Waals surface area (Å²) in [4.78, 5) is 14.2. The highest BCUT2D eigenvalue weighted by Crippen LogP contribution is 2.12. The first-order valence-electron chi connectivity index (χ1n) is 7.50. The van der Waals surface area contributed by atoms with Gasteiger partial charge in [0.1, 0.15) is 5.75 Å². The minimum absolute atomic E-state index is 0.0783. The Morgan fingerprint density at radius 3 is 3.10 bits per heavy atom. The van der Waals surface area contributed by atoms with E-state index in [2.05, 4.69) is 15.5 Å². The van der Waals surface area contributed by atoms with Gasteiger partial charge in [0.15, 0.2) is 0 Å². The summed E-state index contributed by atoms with van der Waals surface area (Å²) in [6.07, 6.45) is 2.34. The number of piperidine rings is 1. The molecule has 1 aromatic rings. The lowest BCUT2D eigenvalue weighted by Crippen LogP contribution is -2.47. The lowest BCUT2D eigenvalue weighted by atomic mass is 10.1. The van der Waals surface area contributed by atoms with Crippen molar-refractivity contribution in [3.63, 3.8) is 0 Å². The van der Waals surface area contributed by atoms with E-state index in [1.807, 2.05) is 31.3 Å². The van der Waals surface area contributed by atoms with Crippen LogP contribution in [0.3, 0.4) is 0 Å². The van der Waals surface area contributed by atoms with Gasteiger partial charge in [0, 0.05) is 19.1 Å². The van der Waals surface area contributed by atoms with Gasteiger partial charge in [0.2, 0.25) is 5.91 Å². The number of ether oxygens (including phenoxy) is 1. The highest BCUT2D eigenvalue weighted by Gasteiger charge is 2.19. The SMILES string of the molecule is CNC1CCCN(CC(=O)NCc2cccc(OC)c2)C1. The summed E-state index contributed by atoms with van der Waals surface area (Å²) in [5.41, 5.74) is 1.05. The van der Waals surface area contributed by atoms with Crippen molar-refractivity contribution in [1.29, 1.82) is 0 Å². The van der Waals surface area contributed by atoms with Gasteiger partial charge in [-0.15, -0.1) is 0 Å². The van der Waals surface area contributed by atoms with Crippen LogP contribution in [-0.2, 0) is 11.3 Å². The largest absolute Gasteiger partial charge is 0.497 e. The molecule has 0 aliphatic carbocycles. The molecule has 1 aromatic carbocycles. The van der Waals surface area contributed by atoms with Gasteiger partial charge in [-0.3, -0.25) is 9.69 Å². The van der Waals surface area contributed by atoms with Crippen molar-refractivity contribution in [3.05, 3.63) is 29.8 Å². The monoisotopic (exact) mass is 291 g/mol. The highest BCUT2D eigenvalue weighted by molar-refractivity contribution is 5.78. The maximum absolute atomic E-state index is 12.0. The van der Waals surface area contributed by atoms with E-state index in [4.69, 9.17) is 4.74 Å². The molecule has 0 saturated carbocycles. The molecule has 1 aliphatic rings. The summed E-state index contributed by atoms with van der Waals surface area (Å²) >= 11 is 0. The van der Waals surface area contributed by atoms with Crippen molar-refractivity contribution in [2.24, 2.45) is 0 Å². The van der Waals surface area contributed by atoms with Gasteiger partial charge < -0.3 is 15.4 Å². The Morgan fingerprint density at radius 1 is 1.48 bits per heavy atom. The summed E-state index contributed by atoms with van der Waals surface area (Å²) in [5, 5.41) is 6.26. The van der Waals surface area contributed by atoms with Crippen molar-refractivity contribution < 1.29 is 9.53 Å². The van der Waals surface area contributed by atoms with Crippen LogP contribution in [0.2, 0.25) is 0 Å². The molecule has 2 rings (SSSR count). The number of benzene rings is 1. The number of rotatable bonds is 6. The van der Waals surface area contributed by atoms with Crippen molar-refractivity contribution in [2.45, 2.75) is 25.4 Å². The lowest BCUT2D eigenvalue weighted by Gasteiger charge is -2.31. The number of nitrogens with one attached hydrogen (secondary N) is 2. The van der Waals surface area contributed by atoms with Crippen LogP contribution < -0.4 is 15.4 Å². The molecule has 116 valence electrons. The van der Waals surface area contributed by atoms with Gasteiger partial charge in [0.05, 0.1) is 13.7 Å². The Hall–Kier alpha value is -1.59. The van der Waals surface area contributed by atoms with Crippen LogP contribution in [0, 0.1) is 0 Å². The Morgan fingerprint density at radius 2 is 2.33 bits per heavy atom. The smallest absolute Gasteiger partial charge is 0.234 e. The predicted molar refractivity (Wildman–Crippen MR) is 83.4 cm³/mol. The third-order valence-corrected chi connectivity index (χ3v) is 3.90. The normalized spacial score (nSPS) is 19.2. The molecular weight excluding hydrogens is 266 g/mol. The maximum Gasteiger partial charge on any atom is 0.234 e. The number of carbonyl (C=O) groups is 1. The summed E-state index contributed by atoms with van der Waals surface area (Å²) < 4.78 is 5.18. The number of amides is 1. The minimum Gasteiger partial charge on any atom is -0.497 e. The molecule has 1 heterocycles. The molecule has 0 bridgehead atoms.